The van der Waals surface area contributed by atoms with Crippen molar-refractivity contribution in [2.45, 2.75) is 31.7 Å². The maximum Gasteiger partial charge on any atom is 0.191 e. The molecule has 0 aromatic rings. The van der Waals surface area contributed by atoms with Gasteiger partial charge in [-0.1, -0.05) is 0 Å². The summed E-state index contributed by atoms with van der Waals surface area (Å²) in [5, 5.41) is 0. The second kappa shape index (κ2) is 5.10. The molecule has 0 aromatic heterocycles. The van der Waals surface area contributed by atoms with Crippen LogP contribution in [-0.2, 0) is 0 Å². The number of thioether (sulfide) groups is 1. The molecule has 2 fully saturated rings. The molecule has 0 bridgehead atoms. The summed E-state index contributed by atoms with van der Waals surface area (Å²) in [6.07, 6.45) is 5.25. The summed E-state index contributed by atoms with van der Waals surface area (Å²) in [6.45, 7) is 0.926. The lowest BCUT2D eigenvalue weighted by atomic mass is 10.1. The Morgan fingerprint density at radius 3 is 2.87 bits per heavy atom. The van der Waals surface area contributed by atoms with Gasteiger partial charge in [-0.05, 0) is 43.1 Å². The van der Waals surface area contributed by atoms with Gasteiger partial charge in [0.1, 0.15) is 0 Å². The highest BCUT2D eigenvalue weighted by molar-refractivity contribution is 7.99. The Morgan fingerprint density at radius 1 is 1.47 bits per heavy atom. The third-order valence-corrected chi connectivity index (χ3v) is 4.51. The molecule has 2 rings (SSSR count). The van der Waals surface area contributed by atoms with E-state index in [9.17, 15) is 0 Å². The summed E-state index contributed by atoms with van der Waals surface area (Å²) in [7, 11) is 2.06. The van der Waals surface area contributed by atoms with Crippen molar-refractivity contribution in [2.75, 3.05) is 25.1 Å². The Kier molecular flexibility index (Phi) is 3.78. The van der Waals surface area contributed by atoms with Crippen molar-refractivity contribution in [3.63, 3.8) is 0 Å². The van der Waals surface area contributed by atoms with Gasteiger partial charge in [-0.15, -0.1) is 0 Å². The molecule has 2 aliphatic rings. The van der Waals surface area contributed by atoms with E-state index in [2.05, 4.69) is 28.7 Å². The summed E-state index contributed by atoms with van der Waals surface area (Å²) in [4.78, 5) is 6.65. The number of hydrogen-bond donors (Lipinski definition) is 1. The molecule has 1 atom stereocenters. The van der Waals surface area contributed by atoms with E-state index < -0.39 is 0 Å². The molecule has 1 heterocycles. The maximum absolute atomic E-state index is 5.94. The van der Waals surface area contributed by atoms with Crippen LogP contribution >= 0.6 is 11.8 Å². The van der Waals surface area contributed by atoms with Gasteiger partial charge in [0, 0.05) is 19.6 Å². The molecule has 2 N–H and O–H groups in total. The first-order chi connectivity index (χ1) is 7.27. The highest BCUT2D eigenvalue weighted by Gasteiger charge is 2.27. The fourth-order valence-corrected chi connectivity index (χ4v) is 3.08. The van der Waals surface area contributed by atoms with Gasteiger partial charge in [-0.3, -0.25) is 4.99 Å². The van der Waals surface area contributed by atoms with Crippen molar-refractivity contribution in [3.05, 3.63) is 0 Å². The number of rotatable bonds is 3. The smallest absolute Gasteiger partial charge is 0.191 e. The van der Waals surface area contributed by atoms with E-state index in [1.807, 2.05) is 0 Å². The van der Waals surface area contributed by atoms with Gasteiger partial charge < -0.3 is 10.6 Å². The Labute approximate surface area is 96.5 Å². The zero-order valence-corrected chi connectivity index (χ0v) is 10.3. The minimum atomic E-state index is 0.675. The summed E-state index contributed by atoms with van der Waals surface area (Å²) in [5.41, 5.74) is 5.94. The van der Waals surface area contributed by atoms with Gasteiger partial charge in [0.25, 0.3) is 0 Å². The quantitative estimate of drug-likeness (QED) is 0.587. The molecule has 1 saturated carbocycles. The fraction of sp³-hybridized carbons (Fsp3) is 0.909. The molecule has 15 heavy (non-hydrogen) atoms. The van der Waals surface area contributed by atoms with Crippen molar-refractivity contribution >= 4 is 17.7 Å². The van der Waals surface area contributed by atoms with Gasteiger partial charge >= 0.3 is 0 Å². The topological polar surface area (TPSA) is 41.6 Å². The number of aliphatic imine (C=N–C) groups is 1. The summed E-state index contributed by atoms with van der Waals surface area (Å²) < 4.78 is 0. The fourth-order valence-electron chi connectivity index (χ4n) is 1.93. The highest BCUT2D eigenvalue weighted by Crippen LogP contribution is 2.25. The molecule has 0 radical (unpaired) electrons. The monoisotopic (exact) mass is 227 g/mol. The number of guanidine groups is 1. The van der Waals surface area contributed by atoms with Crippen molar-refractivity contribution < 1.29 is 0 Å². The van der Waals surface area contributed by atoms with Crippen LogP contribution in [-0.4, -0.2) is 42.0 Å². The number of nitrogens with two attached hydrogens (primary N) is 1. The second-order valence-corrected chi connectivity index (χ2v) is 5.77. The van der Waals surface area contributed by atoms with E-state index in [-0.39, 0.29) is 0 Å². The van der Waals surface area contributed by atoms with Crippen LogP contribution < -0.4 is 5.73 Å². The largest absolute Gasteiger partial charge is 0.370 e. The van der Waals surface area contributed by atoms with Crippen LogP contribution in [0.2, 0.25) is 0 Å². The molecule has 0 amide bonds. The minimum Gasteiger partial charge on any atom is -0.370 e. The predicted molar refractivity (Wildman–Crippen MR) is 67.3 cm³/mol. The van der Waals surface area contributed by atoms with Gasteiger partial charge in [0.05, 0.1) is 0 Å². The van der Waals surface area contributed by atoms with Crippen molar-refractivity contribution in [3.8, 4) is 0 Å². The van der Waals surface area contributed by atoms with Crippen LogP contribution in [0.15, 0.2) is 4.99 Å². The van der Waals surface area contributed by atoms with Gasteiger partial charge in [0.15, 0.2) is 5.96 Å². The lowest BCUT2D eigenvalue weighted by molar-refractivity contribution is 0.478. The highest BCUT2D eigenvalue weighted by atomic mass is 32.2. The van der Waals surface area contributed by atoms with E-state index in [0.717, 1.165) is 18.4 Å². The summed E-state index contributed by atoms with van der Waals surface area (Å²) >= 11 is 2.06. The van der Waals surface area contributed by atoms with Gasteiger partial charge in [-0.25, -0.2) is 0 Å². The van der Waals surface area contributed by atoms with Crippen LogP contribution in [0.1, 0.15) is 25.7 Å². The van der Waals surface area contributed by atoms with Crippen LogP contribution in [0.4, 0.5) is 0 Å². The molecular weight excluding hydrogens is 206 g/mol. The maximum atomic E-state index is 5.94. The Hall–Kier alpha value is -0.380. The molecule has 1 unspecified atom stereocenters. The SMILES string of the molecule is CN(C(N)=NCC1CCCSC1)C1CC1. The normalized spacial score (nSPS) is 27.8. The van der Waals surface area contributed by atoms with E-state index in [0.29, 0.717) is 6.04 Å². The van der Waals surface area contributed by atoms with E-state index in [1.165, 1.54) is 37.2 Å². The second-order valence-electron chi connectivity index (χ2n) is 4.62. The third-order valence-electron chi connectivity index (χ3n) is 3.22. The molecule has 1 aliphatic carbocycles. The molecule has 1 saturated heterocycles. The van der Waals surface area contributed by atoms with Gasteiger partial charge in [0.2, 0.25) is 0 Å². The number of nitrogens with zero attached hydrogens (tertiary/aromatic N) is 2. The molecule has 4 heteroatoms. The third kappa shape index (κ3) is 3.30. The summed E-state index contributed by atoms with van der Waals surface area (Å²) in [5.74, 6) is 4.10. The van der Waals surface area contributed by atoms with E-state index >= 15 is 0 Å². The molecule has 0 spiro atoms. The first kappa shape index (κ1) is 11.1. The molecular formula is C11H21N3S. The number of hydrogen-bond acceptors (Lipinski definition) is 2. The minimum absolute atomic E-state index is 0.675. The van der Waals surface area contributed by atoms with Crippen molar-refractivity contribution in [1.82, 2.24) is 4.90 Å². The first-order valence-electron chi connectivity index (χ1n) is 5.88. The Bertz CT molecular complexity index is 232. The van der Waals surface area contributed by atoms with Crippen LogP contribution in [0.5, 0.6) is 0 Å². The van der Waals surface area contributed by atoms with E-state index in [4.69, 9.17) is 5.73 Å². The molecule has 0 aromatic carbocycles. The van der Waals surface area contributed by atoms with Gasteiger partial charge in [-0.2, -0.15) is 11.8 Å². The van der Waals surface area contributed by atoms with Crippen LogP contribution in [0, 0.1) is 5.92 Å². The average molecular weight is 227 g/mol. The molecule has 3 nitrogen and oxygen atoms in total. The summed E-state index contributed by atoms with van der Waals surface area (Å²) in [6, 6.07) is 0.675. The zero-order chi connectivity index (χ0) is 10.7. The molecule has 86 valence electrons. The van der Waals surface area contributed by atoms with Crippen molar-refractivity contribution in [1.29, 1.82) is 0 Å². The first-order valence-corrected chi connectivity index (χ1v) is 7.03. The predicted octanol–water partition coefficient (Wildman–Crippen LogP) is 1.54. The lowest BCUT2D eigenvalue weighted by Crippen LogP contribution is -2.36. The zero-order valence-electron chi connectivity index (χ0n) is 9.48. The van der Waals surface area contributed by atoms with E-state index in [1.54, 1.807) is 0 Å². The standard InChI is InChI=1S/C11H21N3S/c1-14(10-4-5-10)11(12)13-7-9-3-2-6-15-8-9/h9-10H,2-8H2,1H3,(H2,12,13). The van der Waals surface area contributed by atoms with Crippen LogP contribution in [0.3, 0.4) is 0 Å². The van der Waals surface area contributed by atoms with Crippen molar-refractivity contribution in [2.24, 2.45) is 16.6 Å². The lowest BCUT2D eigenvalue weighted by Gasteiger charge is -2.21. The van der Waals surface area contributed by atoms with Crippen LogP contribution in [0.25, 0.3) is 0 Å². The average Bonchev–Trinajstić information content (AvgIpc) is 3.10. The Balaban J connectivity index is 1.75. The molecule has 1 aliphatic heterocycles. The Morgan fingerprint density at radius 2 is 2.27 bits per heavy atom.